The van der Waals surface area contributed by atoms with E-state index in [1.54, 1.807) is 0 Å². The summed E-state index contributed by atoms with van der Waals surface area (Å²) >= 11 is 1.05. The first-order valence-corrected chi connectivity index (χ1v) is 4.32. The molecule has 0 N–H and O–H groups in total. The average molecular weight is 195 g/mol. The van der Waals surface area contributed by atoms with Crippen molar-refractivity contribution in [3.63, 3.8) is 0 Å². The van der Waals surface area contributed by atoms with E-state index < -0.39 is 11.9 Å². The second-order valence-electron chi connectivity index (χ2n) is 2.72. The molecular formula is C7H8F3NS. The Kier molecular flexibility index (Phi) is 2.41. The van der Waals surface area contributed by atoms with Gasteiger partial charge in [-0.2, -0.15) is 13.2 Å². The van der Waals surface area contributed by atoms with Crippen LogP contribution < -0.4 is 0 Å². The predicted octanol–water partition coefficient (Wildman–Crippen LogP) is 3.29. The van der Waals surface area contributed by atoms with Crippen LogP contribution in [0.3, 0.4) is 0 Å². The quantitative estimate of drug-likeness (QED) is 0.670. The molecule has 0 radical (unpaired) electrons. The summed E-state index contributed by atoms with van der Waals surface area (Å²) in [6.45, 7) is 3.64. The van der Waals surface area contributed by atoms with Crippen LogP contribution in [0.4, 0.5) is 13.2 Å². The maximum atomic E-state index is 12.0. The highest BCUT2D eigenvalue weighted by atomic mass is 32.1. The van der Waals surface area contributed by atoms with E-state index in [0.29, 0.717) is 5.01 Å². The number of hydrogen-bond acceptors (Lipinski definition) is 2. The van der Waals surface area contributed by atoms with Gasteiger partial charge >= 0.3 is 6.18 Å². The van der Waals surface area contributed by atoms with E-state index in [2.05, 4.69) is 4.98 Å². The van der Waals surface area contributed by atoms with Crippen LogP contribution in [0.1, 0.15) is 30.5 Å². The summed E-state index contributed by atoms with van der Waals surface area (Å²) in [7, 11) is 0. The van der Waals surface area contributed by atoms with Crippen molar-refractivity contribution < 1.29 is 13.2 Å². The maximum Gasteiger partial charge on any atom is 0.434 e. The molecule has 12 heavy (non-hydrogen) atoms. The van der Waals surface area contributed by atoms with Gasteiger partial charge in [-0.05, 0) is 0 Å². The first-order chi connectivity index (χ1) is 5.41. The molecule has 0 aliphatic heterocycles. The normalized spacial score (nSPS) is 12.5. The van der Waals surface area contributed by atoms with Crippen LogP contribution in [0.15, 0.2) is 5.38 Å². The zero-order valence-corrected chi connectivity index (χ0v) is 7.46. The van der Waals surface area contributed by atoms with Gasteiger partial charge in [0.05, 0.1) is 5.01 Å². The molecule has 0 amide bonds. The minimum absolute atomic E-state index is 0.0612. The van der Waals surface area contributed by atoms with Crippen molar-refractivity contribution in [3.05, 3.63) is 16.1 Å². The number of hydrogen-bond donors (Lipinski definition) is 0. The van der Waals surface area contributed by atoms with Gasteiger partial charge in [-0.1, -0.05) is 13.8 Å². The van der Waals surface area contributed by atoms with Gasteiger partial charge in [0.15, 0.2) is 5.69 Å². The Labute approximate surface area is 72.2 Å². The first kappa shape index (κ1) is 9.51. The summed E-state index contributed by atoms with van der Waals surface area (Å²) in [6, 6.07) is 0. The van der Waals surface area contributed by atoms with E-state index in [9.17, 15) is 13.2 Å². The topological polar surface area (TPSA) is 12.9 Å². The maximum absolute atomic E-state index is 12.0. The van der Waals surface area contributed by atoms with Crippen LogP contribution in [0.2, 0.25) is 0 Å². The van der Waals surface area contributed by atoms with Crippen LogP contribution >= 0.6 is 11.3 Å². The molecule has 0 bridgehead atoms. The molecule has 0 aliphatic carbocycles. The van der Waals surface area contributed by atoms with Gasteiger partial charge in [-0.15, -0.1) is 11.3 Å². The minimum atomic E-state index is -4.30. The van der Waals surface area contributed by atoms with Gasteiger partial charge in [-0.25, -0.2) is 4.98 Å². The lowest BCUT2D eigenvalue weighted by Gasteiger charge is -2.00. The van der Waals surface area contributed by atoms with Crippen molar-refractivity contribution >= 4 is 11.3 Å². The molecule has 0 aliphatic rings. The number of aromatic nitrogens is 1. The molecule has 0 aromatic carbocycles. The van der Waals surface area contributed by atoms with Gasteiger partial charge < -0.3 is 0 Å². The van der Waals surface area contributed by atoms with E-state index in [1.807, 2.05) is 13.8 Å². The highest BCUT2D eigenvalue weighted by molar-refractivity contribution is 7.09. The lowest BCUT2D eigenvalue weighted by atomic mass is 10.2. The fraction of sp³-hybridized carbons (Fsp3) is 0.571. The highest BCUT2D eigenvalue weighted by Gasteiger charge is 2.33. The Morgan fingerprint density at radius 3 is 2.25 bits per heavy atom. The number of alkyl halides is 3. The first-order valence-electron chi connectivity index (χ1n) is 3.44. The molecule has 5 heteroatoms. The number of halogens is 3. The summed E-state index contributed by atoms with van der Waals surface area (Å²) in [4.78, 5) is 3.47. The lowest BCUT2D eigenvalue weighted by molar-refractivity contribution is -0.140. The fourth-order valence-corrected chi connectivity index (χ4v) is 1.52. The Morgan fingerprint density at radius 2 is 2.00 bits per heavy atom. The molecule has 1 heterocycles. The van der Waals surface area contributed by atoms with E-state index in [0.717, 1.165) is 16.7 Å². The summed E-state index contributed by atoms with van der Waals surface area (Å²) in [6.07, 6.45) is -4.30. The van der Waals surface area contributed by atoms with Gasteiger partial charge in [0.1, 0.15) is 0 Å². The molecule has 68 valence electrons. The molecule has 1 aromatic rings. The molecule has 0 saturated heterocycles. The van der Waals surface area contributed by atoms with Gasteiger partial charge in [0, 0.05) is 11.3 Å². The van der Waals surface area contributed by atoms with Crippen molar-refractivity contribution in [3.8, 4) is 0 Å². The Morgan fingerprint density at radius 1 is 1.42 bits per heavy atom. The monoisotopic (exact) mass is 195 g/mol. The van der Waals surface area contributed by atoms with Crippen LogP contribution in [0, 0.1) is 0 Å². The van der Waals surface area contributed by atoms with Crippen molar-refractivity contribution in [2.24, 2.45) is 0 Å². The molecule has 0 atom stereocenters. The minimum Gasteiger partial charge on any atom is -0.236 e. The zero-order chi connectivity index (χ0) is 9.35. The van der Waals surface area contributed by atoms with Gasteiger partial charge in [0.2, 0.25) is 0 Å². The van der Waals surface area contributed by atoms with E-state index >= 15 is 0 Å². The van der Waals surface area contributed by atoms with E-state index in [-0.39, 0.29) is 5.92 Å². The van der Waals surface area contributed by atoms with Gasteiger partial charge in [0.25, 0.3) is 0 Å². The summed E-state index contributed by atoms with van der Waals surface area (Å²) in [5.41, 5.74) is -0.781. The summed E-state index contributed by atoms with van der Waals surface area (Å²) in [5, 5.41) is 1.58. The molecule has 1 nitrogen and oxygen atoms in total. The Bertz CT molecular complexity index is 264. The summed E-state index contributed by atoms with van der Waals surface area (Å²) in [5.74, 6) is 0.0612. The standard InChI is InChI=1S/C7H8F3NS/c1-4(2)6-11-5(3-12-6)7(8,9)10/h3-4H,1-2H3. The molecule has 0 saturated carbocycles. The van der Waals surface area contributed by atoms with Crippen molar-refractivity contribution in [2.75, 3.05) is 0 Å². The van der Waals surface area contributed by atoms with E-state index in [1.165, 1.54) is 0 Å². The molecular weight excluding hydrogens is 187 g/mol. The third kappa shape index (κ3) is 1.97. The predicted molar refractivity (Wildman–Crippen MR) is 41.2 cm³/mol. The van der Waals surface area contributed by atoms with Crippen LogP contribution in [-0.2, 0) is 6.18 Å². The zero-order valence-electron chi connectivity index (χ0n) is 6.64. The number of thiazole rings is 1. The van der Waals surface area contributed by atoms with Gasteiger partial charge in [-0.3, -0.25) is 0 Å². The smallest absolute Gasteiger partial charge is 0.236 e. The second kappa shape index (κ2) is 3.05. The third-order valence-corrected chi connectivity index (χ3v) is 2.45. The van der Waals surface area contributed by atoms with Crippen molar-refractivity contribution in [2.45, 2.75) is 25.9 Å². The van der Waals surface area contributed by atoms with Crippen LogP contribution in [-0.4, -0.2) is 4.98 Å². The average Bonchev–Trinajstić information content (AvgIpc) is 2.30. The molecule has 0 unspecified atom stereocenters. The summed E-state index contributed by atoms with van der Waals surface area (Å²) < 4.78 is 36.0. The lowest BCUT2D eigenvalue weighted by Crippen LogP contribution is -2.05. The molecule has 0 fully saturated rings. The molecule has 0 spiro atoms. The van der Waals surface area contributed by atoms with Crippen LogP contribution in [0.5, 0.6) is 0 Å². The van der Waals surface area contributed by atoms with Crippen LogP contribution in [0.25, 0.3) is 0 Å². The molecule has 1 aromatic heterocycles. The number of rotatable bonds is 1. The Hall–Kier alpha value is -0.580. The third-order valence-electron chi connectivity index (χ3n) is 1.31. The number of nitrogens with zero attached hydrogens (tertiary/aromatic N) is 1. The largest absolute Gasteiger partial charge is 0.434 e. The SMILES string of the molecule is CC(C)c1nc(C(F)(F)F)cs1. The van der Waals surface area contributed by atoms with Crippen molar-refractivity contribution in [1.29, 1.82) is 0 Å². The van der Waals surface area contributed by atoms with E-state index in [4.69, 9.17) is 0 Å². The second-order valence-corrected chi connectivity index (χ2v) is 3.61. The molecule has 1 rings (SSSR count). The van der Waals surface area contributed by atoms with Crippen molar-refractivity contribution in [1.82, 2.24) is 4.98 Å². The fourth-order valence-electron chi connectivity index (χ4n) is 0.683. The Balaban J connectivity index is 2.92. The highest BCUT2D eigenvalue weighted by Crippen LogP contribution is 2.31.